The Bertz CT molecular complexity index is 430. The summed E-state index contributed by atoms with van der Waals surface area (Å²) in [4.78, 5) is 18.3. The first-order valence-corrected chi connectivity index (χ1v) is 7.58. The van der Waals surface area contributed by atoms with Crippen molar-refractivity contribution in [1.82, 2.24) is 15.2 Å². The van der Waals surface area contributed by atoms with Crippen molar-refractivity contribution in [3.05, 3.63) is 24.0 Å². The van der Waals surface area contributed by atoms with Gasteiger partial charge in [0.15, 0.2) is 0 Å². The lowest BCUT2D eigenvalue weighted by atomic mass is 10.3. The highest BCUT2D eigenvalue weighted by Crippen LogP contribution is 2.06. The Morgan fingerprint density at radius 3 is 2.81 bits per heavy atom. The van der Waals surface area contributed by atoms with E-state index in [1.165, 1.54) is 0 Å². The maximum absolute atomic E-state index is 11.7. The fraction of sp³-hybridized carbons (Fsp3) is 0.600. The first-order valence-electron chi connectivity index (χ1n) is 7.58. The minimum Gasteiger partial charge on any atom is -0.383 e. The third kappa shape index (κ3) is 5.32. The van der Waals surface area contributed by atoms with Gasteiger partial charge in [-0.05, 0) is 18.6 Å². The zero-order chi connectivity index (χ0) is 14.9. The number of pyridine rings is 1. The Hall–Kier alpha value is -1.66. The molecule has 2 heterocycles. The van der Waals surface area contributed by atoms with E-state index in [0.717, 1.165) is 51.5 Å². The van der Waals surface area contributed by atoms with Gasteiger partial charge in [0, 0.05) is 32.7 Å². The molecular formula is C15H24N4O2. The normalized spacial score (nSPS) is 15.7. The van der Waals surface area contributed by atoms with E-state index >= 15 is 0 Å². The lowest BCUT2D eigenvalue weighted by Gasteiger charge is -2.26. The number of ether oxygens (including phenoxy) is 1. The quantitative estimate of drug-likeness (QED) is 0.784. The molecule has 1 aromatic heterocycles. The number of aromatic nitrogens is 1. The zero-order valence-corrected chi connectivity index (χ0v) is 12.6. The van der Waals surface area contributed by atoms with Gasteiger partial charge in [0.2, 0.25) is 0 Å². The summed E-state index contributed by atoms with van der Waals surface area (Å²) in [6.45, 7) is 8.19. The van der Waals surface area contributed by atoms with Crippen LogP contribution in [0.25, 0.3) is 0 Å². The molecule has 116 valence electrons. The van der Waals surface area contributed by atoms with Crippen molar-refractivity contribution in [2.75, 3.05) is 51.3 Å². The van der Waals surface area contributed by atoms with Crippen molar-refractivity contribution in [3.8, 4) is 0 Å². The third-order valence-corrected chi connectivity index (χ3v) is 3.39. The summed E-state index contributed by atoms with van der Waals surface area (Å²) >= 11 is 0. The largest absolute Gasteiger partial charge is 0.383 e. The molecule has 0 atom stereocenters. The SMILES string of the molecule is CCCNC(=O)c1ccc(NCCN2CCOCC2)cn1. The number of anilines is 1. The molecule has 0 aromatic carbocycles. The van der Waals surface area contributed by atoms with Crippen LogP contribution in [-0.2, 0) is 4.74 Å². The lowest BCUT2D eigenvalue weighted by Crippen LogP contribution is -2.39. The van der Waals surface area contributed by atoms with E-state index < -0.39 is 0 Å². The van der Waals surface area contributed by atoms with Gasteiger partial charge in [-0.1, -0.05) is 6.92 Å². The highest BCUT2D eigenvalue weighted by atomic mass is 16.5. The maximum Gasteiger partial charge on any atom is 0.269 e. The standard InChI is InChI=1S/C15H24N4O2/c1-2-5-17-15(20)14-4-3-13(12-18-14)16-6-7-19-8-10-21-11-9-19/h3-4,12,16H,2,5-11H2,1H3,(H,17,20). The summed E-state index contributed by atoms with van der Waals surface area (Å²) in [6.07, 6.45) is 2.63. The fourth-order valence-corrected chi connectivity index (χ4v) is 2.14. The Morgan fingerprint density at radius 1 is 1.33 bits per heavy atom. The Labute approximate surface area is 125 Å². The lowest BCUT2D eigenvalue weighted by molar-refractivity contribution is 0.0398. The molecular weight excluding hydrogens is 268 g/mol. The number of amides is 1. The van der Waals surface area contributed by atoms with Crippen LogP contribution in [0.5, 0.6) is 0 Å². The summed E-state index contributed by atoms with van der Waals surface area (Å²) in [5, 5.41) is 6.14. The smallest absolute Gasteiger partial charge is 0.269 e. The highest BCUT2D eigenvalue weighted by molar-refractivity contribution is 5.92. The fourth-order valence-electron chi connectivity index (χ4n) is 2.14. The summed E-state index contributed by atoms with van der Waals surface area (Å²) in [5.41, 5.74) is 1.40. The second kappa shape index (κ2) is 8.59. The van der Waals surface area contributed by atoms with Gasteiger partial charge in [-0.3, -0.25) is 9.69 Å². The number of nitrogens with one attached hydrogen (secondary N) is 2. The number of rotatable bonds is 7. The molecule has 6 nitrogen and oxygen atoms in total. The van der Waals surface area contributed by atoms with Crippen LogP contribution >= 0.6 is 0 Å². The molecule has 6 heteroatoms. The average molecular weight is 292 g/mol. The monoisotopic (exact) mass is 292 g/mol. The van der Waals surface area contributed by atoms with Crippen molar-refractivity contribution in [3.63, 3.8) is 0 Å². The molecule has 1 aliphatic heterocycles. The van der Waals surface area contributed by atoms with Crippen LogP contribution in [0.4, 0.5) is 5.69 Å². The second-order valence-electron chi connectivity index (χ2n) is 5.07. The van der Waals surface area contributed by atoms with Crippen molar-refractivity contribution in [2.45, 2.75) is 13.3 Å². The molecule has 0 radical (unpaired) electrons. The molecule has 2 rings (SSSR count). The van der Waals surface area contributed by atoms with Crippen molar-refractivity contribution < 1.29 is 9.53 Å². The highest BCUT2D eigenvalue weighted by Gasteiger charge is 2.09. The maximum atomic E-state index is 11.7. The van der Waals surface area contributed by atoms with Crippen molar-refractivity contribution in [1.29, 1.82) is 0 Å². The summed E-state index contributed by atoms with van der Waals surface area (Å²) < 4.78 is 5.32. The number of nitrogens with zero attached hydrogens (tertiary/aromatic N) is 2. The van der Waals surface area contributed by atoms with Crippen LogP contribution in [0.1, 0.15) is 23.8 Å². The first kappa shape index (κ1) is 15.7. The van der Waals surface area contributed by atoms with Crippen LogP contribution in [0, 0.1) is 0 Å². The zero-order valence-electron chi connectivity index (χ0n) is 12.6. The summed E-state index contributed by atoms with van der Waals surface area (Å²) in [6, 6.07) is 3.65. The Morgan fingerprint density at radius 2 is 2.14 bits per heavy atom. The van der Waals surface area contributed by atoms with E-state index in [1.807, 2.05) is 13.0 Å². The first-order chi connectivity index (χ1) is 10.3. The molecule has 0 bridgehead atoms. The van der Waals surface area contributed by atoms with Gasteiger partial charge < -0.3 is 15.4 Å². The van der Waals surface area contributed by atoms with Gasteiger partial charge >= 0.3 is 0 Å². The topological polar surface area (TPSA) is 66.5 Å². The van der Waals surface area contributed by atoms with E-state index in [-0.39, 0.29) is 5.91 Å². The van der Waals surface area contributed by atoms with Crippen LogP contribution in [-0.4, -0.2) is 61.7 Å². The minimum absolute atomic E-state index is 0.114. The summed E-state index contributed by atoms with van der Waals surface area (Å²) in [7, 11) is 0. The van der Waals surface area contributed by atoms with E-state index in [1.54, 1.807) is 12.3 Å². The number of hydrogen-bond acceptors (Lipinski definition) is 5. The molecule has 1 amide bonds. The van der Waals surface area contributed by atoms with Gasteiger partial charge in [0.1, 0.15) is 5.69 Å². The van der Waals surface area contributed by atoms with Gasteiger partial charge in [-0.15, -0.1) is 0 Å². The molecule has 1 aliphatic rings. The van der Waals surface area contributed by atoms with Crippen LogP contribution in [0.2, 0.25) is 0 Å². The van der Waals surface area contributed by atoms with Crippen LogP contribution in [0.3, 0.4) is 0 Å². The predicted octanol–water partition coefficient (Wildman–Crippen LogP) is 0.966. The van der Waals surface area contributed by atoms with E-state index in [9.17, 15) is 4.79 Å². The van der Waals surface area contributed by atoms with Gasteiger partial charge in [-0.25, -0.2) is 4.98 Å². The van der Waals surface area contributed by atoms with Crippen molar-refractivity contribution >= 4 is 11.6 Å². The molecule has 1 saturated heterocycles. The van der Waals surface area contributed by atoms with Crippen molar-refractivity contribution in [2.24, 2.45) is 0 Å². The number of hydrogen-bond donors (Lipinski definition) is 2. The van der Waals surface area contributed by atoms with Gasteiger partial charge in [-0.2, -0.15) is 0 Å². The van der Waals surface area contributed by atoms with Gasteiger partial charge in [0.25, 0.3) is 5.91 Å². The van der Waals surface area contributed by atoms with Crippen LogP contribution in [0.15, 0.2) is 18.3 Å². The Balaban J connectivity index is 1.72. The molecule has 0 aliphatic carbocycles. The van der Waals surface area contributed by atoms with E-state index in [4.69, 9.17) is 4.74 Å². The molecule has 21 heavy (non-hydrogen) atoms. The van der Waals surface area contributed by atoms with E-state index in [2.05, 4.69) is 20.5 Å². The van der Waals surface area contributed by atoms with Crippen LogP contribution < -0.4 is 10.6 Å². The minimum atomic E-state index is -0.114. The molecule has 0 spiro atoms. The molecule has 0 saturated carbocycles. The van der Waals surface area contributed by atoms with E-state index in [0.29, 0.717) is 12.2 Å². The molecule has 1 fully saturated rings. The number of carbonyl (C=O) groups excluding carboxylic acids is 1. The second-order valence-corrected chi connectivity index (χ2v) is 5.07. The number of carbonyl (C=O) groups is 1. The molecule has 0 unspecified atom stereocenters. The molecule has 1 aromatic rings. The average Bonchev–Trinajstić information content (AvgIpc) is 2.54. The van der Waals surface area contributed by atoms with Gasteiger partial charge in [0.05, 0.1) is 25.1 Å². The summed E-state index contributed by atoms with van der Waals surface area (Å²) in [5.74, 6) is -0.114. The predicted molar refractivity (Wildman–Crippen MR) is 82.6 cm³/mol. The Kier molecular flexibility index (Phi) is 6.43. The molecule has 2 N–H and O–H groups in total. The third-order valence-electron chi connectivity index (χ3n) is 3.39. The number of morpholine rings is 1.